The van der Waals surface area contributed by atoms with Gasteiger partial charge in [-0.2, -0.15) is 0 Å². The highest BCUT2D eigenvalue weighted by atomic mass is 79.9. The van der Waals surface area contributed by atoms with E-state index in [0.29, 0.717) is 23.8 Å². The molecule has 1 nitrogen and oxygen atoms in total. The smallest absolute Gasteiger partial charge is 0.127 e. The molecular weight excluding hydrogens is 319 g/mol. The van der Waals surface area contributed by atoms with Crippen molar-refractivity contribution in [1.82, 2.24) is 0 Å². The van der Waals surface area contributed by atoms with Crippen LogP contribution in [0.3, 0.4) is 0 Å². The molecule has 1 aromatic carbocycles. The van der Waals surface area contributed by atoms with Crippen molar-refractivity contribution in [2.75, 3.05) is 0 Å². The van der Waals surface area contributed by atoms with E-state index in [0.717, 1.165) is 23.7 Å². The van der Waals surface area contributed by atoms with Gasteiger partial charge in [0.05, 0.1) is 5.60 Å². The molecule has 0 radical (unpaired) electrons. The number of halogens is 2. The van der Waals surface area contributed by atoms with Crippen LogP contribution in [0.25, 0.3) is 0 Å². The molecule has 1 fully saturated rings. The molecular formula is C17H24BrFO. The summed E-state index contributed by atoms with van der Waals surface area (Å²) < 4.78 is 14.8. The Morgan fingerprint density at radius 1 is 1.40 bits per heavy atom. The fraction of sp³-hybridized carbons (Fsp3) is 0.647. The van der Waals surface area contributed by atoms with E-state index < -0.39 is 5.60 Å². The van der Waals surface area contributed by atoms with Crippen LogP contribution in [0.15, 0.2) is 22.7 Å². The summed E-state index contributed by atoms with van der Waals surface area (Å²) in [6, 6.07) is 5.11. The average molecular weight is 343 g/mol. The number of aliphatic hydroxyl groups is 1. The van der Waals surface area contributed by atoms with Crippen molar-refractivity contribution in [1.29, 1.82) is 0 Å². The molecule has 0 amide bonds. The van der Waals surface area contributed by atoms with E-state index in [-0.39, 0.29) is 11.7 Å². The molecule has 112 valence electrons. The van der Waals surface area contributed by atoms with Gasteiger partial charge in [0.1, 0.15) is 5.82 Å². The molecule has 1 aromatic rings. The first-order valence-corrected chi connectivity index (χ1v) is 8.27. The fourth-order valence-electron chi connectivity index (χ4n) is 3.74. The van der Waals surface area contributed by atoms with Gasteiger partial charge in [0.25, 0.3) is 0 Å². The maximum atomic E-state index is 14.1. The molecule has 1 aliphatic rings. The second-order valence-corrected chi connectivity index (χ2v) is 7.67. The normalized spacial score (nSPS) is 30.8. The third-order valence-corrected chi connectivity index (χ3v) is 5.17. The third kappa shape index (κ3) is 3.43. The summed E-state index contributed by atoms with van der Waals surface area (Å²) in [5.74, 6) is 0.954. The molecule has 0 spiro atoms. The Kier molecular flexibility index (Phi) is 4.91. The van der Waals surface area contributed by atoms with E-state index >= 15 is 0 Å². The molecule has 20 heavy (non-hydrogen) atoms. The van der Waals surface area contributed by atoms with Crippen LogP contribution in [0.4, 0.5) is 4.39 Å². The van der Waals surface area contributed by atoms with Gasteiger partial charge < -0.3 is 5.11 Å². The minimum absolute atomic E-state index is 0.228. The first kappa shape index (κ1) is 16.0. The summed E-state index contributed by atoms with van der Waals surface area (Å²) in [6.45, 7) is 6.49. The van der Waals surface area contributed by atoms with Crippen LogP contribution < -0.4 is 0 Å². The molecule has 1 N–H and O–H groups in total. The Hall–Kier alpha value is -0.410. The molecule has 0 bridgehead atoms. The van der Waals surface area contributed by atoms with Crippen molar-refractivity contribution in [3.8, 4) is 0 Å². The third-order valence-electron chi connectivity index (χ3n) is 4.68. The molecule has 3 heteroatoms. The van der Waals surface area contributed by atoms with Crippen LogP contribution in [0.5, 0.6) is 0 Å². The van der Waals surface area contributed by atoms with E-state index in [2.05, 4.69) is 36.7 Å². The lowest BCUT2D eigenvalue weighted by molar-refractivity contribution is -0.0799. The van der Waals surface area contributed by atoms with Gasteiger partial charge in [0.2, 0.25) is 0 Å². The van der Waals surface area contributed by atoms with Crippen LogP contribution >= 0.6 is 15.9 Å². The maximum absolute atomic E-state index is 14.1. The van der Waals surface area contributed by atoms with E-state index in [4.69, 9.17) is 0 Å². The van der Waals surface area contributed by atoms with Gasteiger partial charge in [-0.3, -0.25) is 0 Å². The zero-order valence-electron chi connectivity index (χ0n) is 12.5. The molecule has 0 aromatic heterocycles. The standard InChI is InChI=1S/C17H24BrFO/c1-11(2)15-7-4-12(3)9-17(15,20)10-13-5-6-14(18)8-16(13)19/h5-6,8,11-12,15,20H,4,7,9-10H2,1-3H3. The predicted molar refractivity (Wildman–Crippen MR) is 84.1 cm³/mol. The monoisotopic (exact) mass is 342 g/mol. The van der Waals surface area contributed by atoms with Gasteiger partial charge in [-0.05, 0) is 48.3 Å². The van der Waals surface area contributed by atoms with E-state index in [9.17, 15) is 9.50 Å². The molecule has 1 saturated carbocycles. The van der Waals surface area contributed by atoms with Gasteiger partial charge >= 0.3 is 0 Å². The van der Waals surface area contributed by atoms with Crippen molar-refractivity contribution < 1.29 is 9.50 Å². The van der Waals surface area contributed by atoms with Crippen LogP contribution in [0.1, 0.15) is 45.6 Å². The minimum atomic E-state index is -0.777. The van der Waals surface area contributed by atoms with Crippen LogP contribution in [-0.2, 0) is 6.42 Å². The molecule has 0 aliphatic heterocycles. The number of hydrogen-bond donors (Lipinski definition) is 1. The highest BCUT2D eigenvalue weighted by Crippen LogP contribution is 2.43. The van der Waals surface area contributed by atoms with Gasteiger partial charge in [0, 0.05) is 10.9 Å². The Balaban J connectivity index is 2.26. The van der Waals surface area contributed by atoms with Crippen molar-refractivity contribution in [2.24, 2.45) is 17.8 Å². The average Bonchev–Trinajstić information content (AvgIpc) is 2.32. The van der Waals surface area contributed by atoms with Crippen molar-refractivity contribution in [3.05, 3.63) is 34.1 Å². The van der Waals surface area contributed by atoms with Crippen LogP contribution in [0.2, 0.25) is 0 Å². The van der Waals surface area contributed by atoms with E-state index in [1.807, 2.05) is 6.07 Å². The van der Waals surface area contributed by atoms with Crippen molar-refractivity contribution in [3.63, 3.8) is 0 Å². The Bertz CT molecular complexity index is 474. The van der Waals surface area contributed by atoms with E-state index in [1.165, 1.54) is 6.07 Å². The van der Waals surface area contributed by atoms with E-state index in [1.54, 1.807) is 6.07 Å². The Labute approximate surface area is 129 Å². The Morgan fingerprint density at radius 2 is 2.10 bits per heavy atom. The Morgan fingerprint density at radius 3 is 2.70 bits per heavy atom. The molecule has 2 rings (SSSR count). The number of benzene rings is 1. The molecule has 3 unspecified atom stereocenters. The topological polar surface area (TPSA) is 20.2 Å². The highest BCUT2D eigenvalue weighted by molar-refractivity contribution is 9.10. The maximum Gasteiger partial charge on any atom is 0.127 e. The van der Waals surface area contributed by atoms with Gasteiger partial charge in [-0.15, -0.1) is 0 Å². The highest BCUT2D eigenvalue weighted by Gasteiger charge is 2.43. The van der Waals surface area contributed by atoms with Crippen molar-refractivity contribution >= 4 is 15.9 Å². The lowest BCUT2D eigenvalue weighted by atomic mass is 9.65. The zero-order chi connectivity index (χ0) is 14.9. The lowest BCUT2D eigenvalue weighted by Crippen LogP contribution is -2.47. The molecule has 1 aliphatic carbocycles. The summed E-state index contributed by atoms with van der Waals surface area (Å²) in [4.78, 5) is 0. The molecule has 0 saturated heterocycles. The second-order valence-electron chi connectivity index (χ2n) is 6.75. The quantitative estimate of drug-likeness (QED) is 0.823. The largest absolute Gasteiger partial charge is 0.389 e. The predicted octanol–water partition coefficient (Wildman–Crippen LogP) is 4.95. The van der Waals surface area contributed by atoms with Crippen LogP contribution in [0, 0.1) is 23.6 Å². The molecule has 3 atom stereocenters. The SMILES string of the molecule is CC1CCC(C(C)C)C(O)(Cc2ccc(Br)cc2F)C1. The zero-order valence-corrected chi connectivity index (χ0v) is 14.1. The summed E-state index contributed by atoms with van der Waals surface area (Å²) in [5.41, 5.74) is -0.156. The summed E-state index contributed by atoms with van der Waals surface area (Å²) >= 11 is 3.28. The number of rotatable bonds is 3. The second kappa shape index (κ2) is 6.15. The minimum Gasteiger partial charge on any atom is -0.389 e. The molecule has 0 heterocycles. The summed E-state index contributed by atoms with van der Waals surface area (Å²) in [7, 11) is 0. The fourth-order valence-corrected chi connectivity index (χ4v) is 4.07. The van der Waals surface area contributed by atoms with Gasteiger partial charge in [-0.25, -0.2) is 4.39 Å². The van der Waals surface area contributed by atoms with Gasteiger partial charge in [-0.1, -0.05) is 49.2 Å². The van der Waals surface area contributed by atoms with Crippen molar-refractivity contribution in [2.45, 2.75) is 52.1 Å². The van der Waals surface area contributed by atoms with Gasteiger partial charge in [0.15, 0.2) is 0 Å². The first-order valence-electron chi connectivity index (χ1n) is 7.48. The summed E-state index contributed by atoms with van der Waals surface area (Å²) in [5, 5.41) is 11.1. The first-order chi connectivity index (χ1) is 9.32. The lowest BCUT2D eigenvalue weighted by Gasteiger charge is -2.45. The number of hydrogen-bond acceptors (Lipinski definition) is 1. The van der Waals surface area contributed by atoms with Crippen LogP contribution in [-0.4, -0.2) is 10.7 Å². The summed E-state index contributed by atoms with van der Waals surface area (Å²) in [6.07, 6.45) is 3.38.